The maximum Gasteiger partial charge on any atom is 0.146 e. The van der Waals surface area contributed by atoms with Crippen molar-refractivity contribution in [1.82, 2.24) is 10.2 Å². The molecular weight excluding hydrogens is 144 g/mol. The molecule has 0 saturated heterocycles. The lowest BCUT2D eigenvalue weighted by Gasteiger charge is -1.85. The zero-order valence-corrected chi connectivity index (χ0v) is 6.27. The molecule has 2 nitrogen and oxygen atoms in total. The molecule has 0 aliphatic rings. The van der Waals surface area contributed by atoms with Gasteiger partial charge in [0.1, 0.15) is 4.83 Å². The van der Waals surface area contributed by atoms with E-state index >= 15 is 0 Å². The number of aromatic nitrogens is 2. The average Bonchev–Trinajstić information content (AvgIpc) is 2.30. The van der Waals surface area contributed by atoms with Crippen LogP contribution < -0.4 is 0 Å². The quantitative estimate of drug-likeness (QED) is 0.575. The van der Waals surface area contributed by atoms with E-state index in [1.807, 2.05) is 13.0 Å². The summed E-state index contributed by atoms with van der Waals surface area (Å²) in [6, 6.07) is 1.90. The van der Waals surface area contributed by atoms with Crippen molar-refractivity contribution in [2.75, 3.05) is 0 Å². The third-order valence-electron chi connectivity index (χ3n) is 1.39. The van der Waals surface area contributed by atoms with E-state index in [-0.39, 0.29) is 0 Å². The zero-order valence-electron chi connectivity index (χ0n) is 6.46. The van der Waals surface area contributed by atoms with E-state index < -0.39 is 0 Å². The van der Waals surface area contributed by atoms with Crippen LogP contribution in [0.3, 0.4) is 0 Å². The van der Waals surface area contributed by atoms with Crippen LogP contribution in [0.2, 0.25) is 0 Å². The minimum Gasteiger partial charge on any atom is -0.158 e. The van der Waals surface area contributed by atoms with E-state index in [0.717, 1.165) is 15.8 Å². The van der Waals surface area contributed by atoms with Crippen LogP contribution in [0.5, 0.6) is 0 Å². The monoisotopic (exact) mass is 151 g/mol. The van der Waals surface area contributed by atoms with E-state index in [2.05, 4.69) is 10.2 Å². The molecule has 0 amide bonds. The average molecular weight is 151 g/mol. The van der Waals surface area contributed by atoms with Gasteiger partial charge in [-0.15, -0.1) is 16.4 Å². The van der Waals surface area contributed by atoms with Gasteiger partial charge >= 0.3 is 0 Å². The molecule has 2 rings (SSSR count). The Labute approximate surface area is 63.9 Å². The lowest BCUT2D eigenvalue weighted by atomic mass is 10.3. The molecule has 0 bridgehead atoms. The van der Waals surface area contributed by atoms with E-state index in [1.54, 1.807) is 6.20 Å². The van der Waals surface area contributed by atoms with Gasteiger partial charge in [0.25, 0.3) is 0 Å². The van der Waals surface area contributed by atoms with Gasteiger partial charge < -0.3 is 0 Å². The number of thiophene rings is 1. The van der Waals surface area contributed by atoms with Crippen LogP contribution in [0.25, 0.3) is 10.2 Å². The molecule has 2 aromatic rings. The highest BCUT2D eigenvalue weighted by Gasteiger charge is 1.97. The third kappa shape index (κ3) is 0.708. The maximum absolute atomic E-state index is 7.50. The van der Waals surface area contributed by atoms with Gasteiger partial charge in [0.05, 0.1) is 7.57 Å². The van der Waals surface area contributed by atoms with Gasteiger partial charge in [0.15, 0.2) is 0 Å². The van der Waals surface area contributed by atoms with Gasteiger partial charge in [0, 0.05) is 5.39 Å². The molecule has 3 heteroatoms. The first-order valence-corrected chi connectivity index (χ1v) is 3.78. The highest BCUT2D eigenvalue weighted by Crippen LogP contribution is 2.21. The molecule has 0 N–H and O–H groups in total. The Morgan fingerprint density at radius 1 is 1.70 bits per heavy atom. The lowest BCUT2D eigenvalue weighted by Crippen LogP contribution is -1.76. The van der Waals surface area contributed by atoms with Crippen LogP contribution in [0.1, 0.15) is 6.93 Å². The molecule has 0 aromatic carbocycles. The van der Waals surface area contributed by atoms with Crippen LogP contribution >= 0.6 is 11.3 Å². The summed E-state index contributed by atoms with van der Waals surface area (Å²) in [6.45, 7) is 1.93. The molecule has 0 spiro atoms. The lowest BCUT2D eigenvalue weighted by molar-refractivity contribution is 1.08. The van der Waals surface area contributed by atoms with Crippen molar-refractivity contribution in [2.24, 2.45) is 0 Å². The summed E-state index contributed by atoms with van der Waals surface area (Å²) >= 11 is 1.37. The van der Waals surface area contributed by atoms with E-state index in [4.69, 9.17) is 1.37 Å². The van der Waals surface area contributed by atoms with Crippen LogP contribution in [0.15, 0.2) is 17.6 Å². The van der Waals surface area contributed by atoms with Crippen LogP contribution in [0, 0.1) is 6.92 Å². The van der Waals surface area contributed by atoms with Crippen molar-refractivity contribution in [3.63, 3.8) is 0 Å². The van der Waals surface area contributed by atoms with E-state index in [1.165, 1.54) is 11.3 Å². The van der Waals surface area contributed by atoms with Crippen LogP contribution in [-0.2, 0) is 0 Å². The fraction of sp³-hybridized carbons (Fsp3) is 0.143. The smallest absolute Gasteiger partial charge is 0.146 e. The Kier molecular flexibility index (Phi) is 0.969. The summed E-state index contributed by atoms with van der Waals surface area (Å²) in [5.74, 6) is 0. The highest BCUT2D eigenvalue weighted by atomic mass is 32.1. The Balaban J connectivity index is 2.92. The predicted octanol–water partition coefficient (Wildman–Crippen LogP) is 2.00. The fourth-order valence-corrected chi connectivity index (χ4v) is 1.64. The fourth-order valence-electron chi connectivity index (χ4n) is 0.859. The van der Waals surface area contributed by atoms with Crippen LogP contribution in [0.4, 0.5) is 0 Å². The first-order valence-electron chi connectivity index (χ1n) is 3.46. The van der Waals surface area contributed by atoms with E-state index in [0.29, 0.717) is 5.36 Å². The molecule has 0 aliphatic heterocycles. The summed E-state index contributed by atoms with van der Waals surface area (Å²) in [4.78, 5) is 0.856. The standard InChI is InChI=1S/C7H6N2S/c1-5-4-10-7-6(5)2-3-8-9-7/h2-4H,1H3/i4D. The number of fused-ring (bicyclic) bond motifs is 1. The zero-order chi connectivity index (χ0) is 7.84. The minimum absolute atomic E-state index is 0.584. The number of hydrogen-bond donors (Lipinski definition) is 0. The van der Waals surface area contributed by atoms with Gasteiger partial charge in [-0.25, -0.2) is 0 Å². The van der Waals surface area contributed by atoms with Gasteiger partial charge in [-0.2, -0.15) is 5.10 Å². The summed E-state index contributed by atoms with van der Waals surface area (Å²) in [5.41, 5.74) is 1.000. The molecule has 2 aromatic heterocycles. The first-order chi connectivity index (χ1) is 5.29. The summed E-state index contributed by atoms with van der Waals surface area (Å²) in [5, 5.41) is 9.29. The molecule has 2 heterocycles. The Morgan fingerprint density at radius 2 is 2.60 bits per heavy atom. The number of rotatable bonds is 0. The number of hydrogen-bond acceptors (Lipinski definition) is 3. The number of nitrogens with zero attached hydrogens (tertiary/aromatic N) is 2. The topological polar surface area (TPSA) is 25.8 Å². The summed E-state index contributed by atoms with van der Waals surface area (Å²) in [7, 11) is 0. The Morgan fingerprint density at radius 3 is 3.40 bits per heavy atom. The molecule has 0 fully saturated rings. The number of aryl methyl sites for hydroxylation is 1. The van der Waals surface area contributed by atoms with Gasteiger partial charge in [0.2, 0.25) is 0 Å². The predicted molar refractivity (Wildman–Crippen MR) is 42.2 cm³/mol. The van der Waals surface area contributed by atoms with Gasteiger partial charge in [-0.05, 0) is 23.9 Å². The van der Waals surface area contributed by atoms with Crippen LogP contribution in [-0.4, -0.2) is 10.2 Å². The molecule has 0 atom stereocenters. The van der Waals surface area contributed by atoms with Crippen molar-refractivity contribution >= 4 is 21.6 Å². The van der Waals surface area contributed by atoms with E-state index in [9.17, 15) is 0 Å². The van der Waals surface area contributed by atoms with Gasteiger partial charge in [-0.3, -0.25) is 0 Å². The normalized spacial score (nSPS) is 11.9. The van der Waals surface area contributed by atoms with Crippen molar-refractivity contribution in [3.05, 3.63) is 23.2 Å². The van der Waals surface area contributed by atoms with Crippen molar-refractivity contribution in [3.8, 4) is 0 Å². The molecule has 0 saturated carbocycles. The molecule has 50 valence electrons. The largest absolute Gasteiger partial charge is 0.158 e. The van der Waals surface area contributed by atoms with Gasteiger partial charge in [-0.1, -0.05) is 0 Å². The molecule has 0 aliphatic carbocycles. The molecule has 0 unspecified atom stereocenters. The Bertz CT molecular complexity index is 396. The molecule has 0 radical (unpaired) electrons. The molecular formula is C7H6N2S. The maximum atomic E-state index is 7.50. The summed E-state index contributed by atoms with van der Waals surface area (Å²) < 4.78 is 7.50. The Hall–Kier alpha value is -0.960. The second kappa shape index (κ2) is 2.02. The van der Waals surface area contributed by atoms with Crippen molar-refractivity contribution in [1.29, 1.82) is 0 Å². The SMILES string of the molecule is [2H]c1sc2nnccc2c1C. The minimum atomic E-state index is 0.584. The second-order valence-corrected chi connectivity index (χ2v) is 2.87. The second-order valence-electron chi connectivity index (χ2n) is 2.08. The molecule has 10 heavy (non-hydrogen) atoms. The van der Waals surface area contributed by atoms with Crippen molar-refractivity contribution < 1.29 is 1.37 Å². The third-order valence-corrected chi connectivity index (χ3v) is 2.29. The summed E-state index contributed by atoms with van der Waals surface area (Å²) in [6.07, 6.45) is 1.65. The van der Waals surface area contributed by atoms with Crippen molar-refractivity contribution in [2.45, 2.75) is 6.92 Å². The highest BCUT2D eigenvalue weighted by molar-refractivity contribution is 7.16. The first kappa shape index (κ1) is 4.79.